The van der Waals surface area contributed by atoms with Gasteiger partial charge in [0.05, 0.1) is 6.20 Å². The molecule has 0 fully saturated rings. The van der Waals surface area contributed by atoms with E-state index >= 15 is 0 Å². The molecule has 0 unspecified atom stereocenters. The maximum atomic E-state index is 13.2. The predicted molar refractivity (Wildman–Crippen MR) is 71.4 cm³/mol. The first-order chi connectivity index (χ1) is 9.11. The topological polar surface area (TPSA) is 28.2 Å². The molecule has 2 rings (SSSR count). The van der Waals surface area contributed by atoms with Gasteiger partial charge >= 0.3 is 0 Å². The molecule has 1 aromatic heterocycles. The van der Waals surface area contributed by atoms with Gasteiger partial charge in [-0.3, -0.25) is 0 Å². The molecule has 0 saturated carbocycles. The molecule has 3 nitrogen and oxygen atoms in total. The van der Waals surface area contributed by atoms with Crippen molar-refractivity contribution >= 4 is 11.5 Å². The molecule has 5 heteroatoms. The Balaban J connectivity index is 2.40. The monoisotopic (exact) mass is 263 g/mol. The Morgan fingerprint density at radius 2 is 2.00 bits per heavy atom. The molecule has 1 heterocycles. The van der Waals surface area contributed by atoms with Gasteiger partial charge < -0.3 is 10.2 Å². The fourth-order valence-electron chi connectivity index (χ4n) is 1.90. The van der Waals surface area contributed by atoms with E-state index in [0.717, 1.165) is 6.20 Å². The van der Waals surface area contributed by atoms with Crippen molar-refractivity contribution in [2.45, 2.75) is 6.54 Å². The van der Waals surface area contributed by atoms with Crippen molar-refractivity contribution in [1.29, 1.82) is 0 Å². The molecule has 0 atom stereocenters. The molecule has 1 N–H and O–H groups in total. The Morgan fingerprint density at radius 1 is 1.21 bits per heavy atom. The second-order valence-electron chi connectivity index (χ2n) is 4.21. The van der Waals surface area contributed by atoms with Gasteiger partial charge in [-0.2, -0.15) is 0 Å². The number of hydrogen-bond acceptors (Lipinski definition) is 3. The summed E-state index contributed by atoms with van der Waals surface area (Å²) in [7, 11) is 3.55. The van der Waals surface area contributed by atoms with Crippen LogP contribution >= 0.6 is 0 Å². The normalized spacial score (nSPS) is 10.5. The highest BCUT2D eigenvalue weighted by Gasteiger charge is 2.12. The van der Waals surface area contributed by atoms with Crippen molar-refractivity contribution < 1.29 is 8.78 Å². The van der Waals surface area contributed by atoms with Crippen molar-refractivity contribution in [2.24, 2.45) is 0 Å². The maximum Gasteiger partial charge on any atom is 0.141 e. The Hall–Kier alpha value is -2.01. The van der Waals surface area contributed by atoms with E-state index in [-0.39, 0.29) is 11.6 Å². The number of aromatic nitrogens is 1. The third-order valence-electron chi connectivity index (χ3n) is 2.79. The van der Waals surface area contributed by atoms with E-state index < -0.39 is 0 Å². The molecule has 0 amide bonds. The van der Waals surface area contributed by atoms with Gasteiger partial charge in [-0.25, -0.2) is 13.8 Å². The fourth-order valence-corrected chi connectivity index (χ4v) is 1.90. The average Bonchev–Trinajstić information content (AvgIpc) is 2.39. The van der Waals surface area contributed by atoms with Crippen LogP contribution in [0.15, 0.2) is 36.5 Å². The maximum absolute atomic E-state index is 13.2. The van der Waals surface area contributed by atoms with Gasteiger partial charge in [0, 0.05) is 24.8 Å². The van der Waals surface area contributed by atoms with Crippen LogP contribution in [0.3, 0.4) is 0 Å². The van der Waals surface area contributed by atoms with E-state index in [4.69, 9.17) is 0 Å². The van der Waals surface area contributed by atoms with Gasteiger partial charge in [-0.05, 0) is 31.3 Å². The summed E-state index contributed by atoms with van der Waals surface area (Å²) in [5, 5.41) is 2.96. The highest BCUT2D eigenvalue weighted by Crippen LogP contribution is 2.25. The van der Waals surface area contributed by atoms with Gasteiger partial charge in [0.25, 0.3) is 0 Å². The third kappa shape index (κ3) is 3.06. The number of pyridine rings is 1. The van der Waals surface area contributed by atoms with Crippen LogP contribution in [-0.4, -0.2) is 19.1 Å². The van der Waals surface area contributed by atoms with Crippen molar-refractivity contribution in [3.8, 4) is 0 Å². The number of rotatable bonds is 4. The molecular weight excluding hydrogens is 248 g/mol. The van der Waals surface area contributed by atoms with Gasteiger partial charge in [-0.1, -0.05) is 6.07 Å². The Morgan fingerprint density at radius 3 is 2.68 bits per heavy atom. The van der Waals surface area contributed by atoms with Gasteiger partial charge in [0.1, 0.15) is 17.5 Å². The van der Waals surface area contributed by atoms with Crippen LogP contribution in [0, 0.1) is 11.6 Å². The summed E-state index contributed by atoms with van der Waals surface area (Å²) in [5.74, 6) is -0.107. The largest absolute Gasteiger partial charge is 0.329 e. The molecular formula is C14H15F2N3. The van der Waals surface area contributed by atoms with Crippen LogP contribution < -0.4 is 10.2 Å². The lowest BCUT2D eigenvalue weighted by molar-refractivity contribution is 0.616. The lowest BCUT2D eigenvalue weighted by atomic mass is 10.2. The highest BCUT2D eigenvalue weighted by atomic mass is 19.1. The van der Waals surface area contributed by atoms with Gasteiger partial charge in [-0.15, -0.1) is 0 Å². The summed E-state index contributed by atoms with van der Waals surface area (Å²) < 4.78 is 26.5. The smallest absolute Gasteiger partial charge is 0.141 e. The second kappa shape index (κ2) is 5.75. The zero-order chi connectivity index (χ0) is 13.8. The minimum atomic E-state index is -0.387. The van der Waals surface area contributed by atoms with E-state index in [1.54, 1.807) is 31.1 Å². The molecule has 0 aliphatic carbocycles. The summed E-state index contributed by atoms with van der Waals surface area (Å²) in [6, 6.07) is 7.62. The highest BCUT2D eigenvalue weighted by molar-refractivity contribution is 5.62. The lowest BCUT2D eigenvalue weighted by Gasteiger charge is -2.21. The van der Waals surface area contributed by atoms with Crippen LogP contribution in [0.4, 0.5) is 20.3 Å². The molecule has 19 heavy (non-hydrogen) atoms. The average molecular weight is 263 g/mol. The summed E-state index contributed by atoms with van der Waals surface area (Å²) >= 11 is 0. The van der Waals surface area contributed by atoms with E-state index in [9.17, 15) is 8.78 Å². The number of hydrogen-bond donors (Lipinski definition) is 1. The Bertz CT molecular complexity index is 572. The molecule has 0 radical (unpaired) electrons. The van der Waals surface area contributed by atoms with E-state index in [1.165, 1.54) is 18.2 Å². The summed E-state index contributed by atoms with van der Waals surface area (Å²) in [4.78, 5) is 5.82. The van der Waals surface area contributed by atoms with Crippen molar-refractivity contribution in [1.82, 2.24) is 10.3 Å². The molecule has 0 spiro atoms. The van der Waals surface area contributed by atoms with Crippen LogP contribution in [0.1, 0.15) is 5.56 Å². The summed E-state index contributed by atoms with van der Waals surface area (Å²) in [6.45, 7) is 0.486. The van der Waals surface area contributed by atoms with Crippen LogP contribution in [0.5, 0.6) is 0 Å². The van der Waals surface area contributed by atoms with Crippen LogP contribution in [-0.2, 0) is 6.54 Å². The Kier molecular flexibility index (Phi) is 4.06. The zero-order valence-electron chi connectivity index (χ0n) is 10.8. The van der Waals surface area contributed by atoms with Crippen molar-refractivity contribution in [3.63, 3.8) is 0 Å². The van der Waals surface area contributed by atoms with E-state index in [2.05, 4.69) is 10.3 Å². The predicted octanol–water partition coefficient (Wildman–Crippen LogP) is 2.85. The fraction of sp³-hybridized carbons (Fsp3) is 0.214. The van der Waals surface area contributed by atoms with E-state index in [0.29, 0.717) is 23.6 Å². The van der Waals surface area contributed by atoms with E-state index in [1.807, 2.05) is 0 Å². The minimum absolute atomic E-state index is 0.318. The molecule has 0 saturated heterocycles. The Labute approximate surface area is 110 Å². The standard InChI is InChI=1S/C14H15F2N3/c1-17-8-10-6-12(16)9-18-14(10)19(2)13-5-3-4-11(15)7-13/h3-7,9,17H,8H2,1-2H3. The molecule has 1 aromatic carbocycles. The second-order valence-corrected chi connectivity index (χ2v) is 4.21. The lowest BCUT2D eigenvalue weighted by Crippen LogP contribution is -2.17. The molecule has 2 aromatic rings. The summed E-state index contributed by atoms with van der Waals surface area (Å²) in [5.41, 5.74) is 1.38. The first kappa shape index (κ1) is 13.4. The zero-order valence-corrected chi connectivity index (χ0v) is 10.8. The number of halogens is 2. The number of anilines is 2. The molecule has 0 bridgehead atoms. The van der Waals surface area contributed by atoms with Crippen LogP contribution in [0.25, 0.3) is 0 Å². The number of benzene rings is 1. The molecule has 0 aliphatic rings. The minimum Gasteiger partial charge on any atom is -0.329 e. The SMILES string of the molecule is CNCc1cc(F)cnc1N(C)c1cccc(F)c1. The van der Waals surface area contributed by atoms with Crippen molar-refractivity contribution in [2.75, 3.05) is 19.0 Å². The number of nitrogens with one attached hydrogen (secondary N) is 1. The third-order valence-corrected chi connectivity index (χ3v) is 2.79. The number of nitrogens with zero attached hydrogens (tertiary/aromatic N) is 2. The van der Waals surface area contributed by atoms with Crippen molar-refractivity contribution in [3.05, 3.63) is 53.7 Å². The quantitative estimate of drug-likeness (QED) is 0.919. The first-order valence-electron chi connectivity index (χ1n) is 5.90. The molecule has 100 valence electrons. The van der Waals surface area contributed by atoms with Gasteiger partial charge in [0.2, 0.25) is 0 Å². The molecule has 0 aliphatic heterocycles. The van der Waals surface area contributed by atoms with Gasteiger partial charge in [0.15, 0.2) is 0 Å². The summed E-state index contributed by atoms with van der Waals surface area (Å²) in [6.07, 6.45) is 1.16. The van der Waals surface area contributed by atoms with Crippen LogP contribution in [0.2, 0.25) is 0 Å². The first-order valence-corrected chi connectivity index (χ1v) is 5.90.